The Morgan fingerprint density at radius 3 is 2.09 bits per heavy atom. The molecule has 0 aromatic carbocycles. The van der Waals surface area contributed by atoms with E-state index in [0.29, 0.717) is 0 Å². The summed E-state index contributed by atoms with van der Waals surface area (Å²) < 4.78 is 0. The van der Waals surface area contributed by atoms with Crippen LogP contribution in [0.1, 0.15) is 95.8 Å². The maximum absolute atomic E-state index is 11.4. The van der Waals surface area contributed by atoms with Crippen molar-refractivity contribution < 1.29 is 9.90 Å². The summed E-state index contributed by atoms with van der Waals surface area (Å²) in [5, 5.41) is 24.0. The second kappa shape index (κ2) is 13.4. The van der Waals surface area contributed by atoms with E-state index in [9.17, 15) is 15.2 Å². The van der Waals surface area contributed by atoms with Crippen molar-refractivity contribution in [3.05, 3.63) is 28.0 Å². The van der Waals surface area contributed by atoms with Crippen LogP contribution < -0.4 is 10.4 Å². The molecule has 0 bridgehead atoms. The fraction of sp³-hybridized carbons (Fsp3) is 0.571. The van der Waals surface area contributed by atoms with Gasteiger partial charge >= 0.3 is 5.97 Å². The van der Waals surface area contributed by atoms with Crippen LogP contribution in [-0.4, -0.2) is 19.1 Å². The molecular weight excluding hydrogens is 475 g/mol. The van der Waals surface area contributed by atoms with Crippen molar-refractivity contribution in [2.75, 3.05) is 0 Å². The van der Waals surface area contributed by atoms with Crippen LogP contribution in [0.5, 0.6) is 0 Å². The van der Waals surface area contributed by atoms with E-state index in [4.69, 9.17) is 0 Å². The Morgan fingerprint density at radius 2 is 1.53 bits per heavy atom. The minimum Gasteiger partial charge on any atom is -0.477 e. The zero-order valence-electron chi connectivity index (χ0n) is 20.8. The van der Waals surface area contributed by atoms with Crippen LogP contribution in [0.3, 0.4) is 0 Å². The highest BCUT2D eigenvalue weighted by atomic mass is 32.1. The average Bonchev–Trinajstić information content (AvgIpc) is 3.52. The molecule has 1 aliphatic heterocycles. The Labute approximate surface area is 214 Å². The van der Waals surface area contributed by atoms with Crippen LogP contribution in [0.2, 0.25) is 12.1 Å². The van der Waals surface area contributed by atoms with Crippen molar-refractivity contribution in [3.8, 4) is 15.8 Å². The fourth-order valence-electron chi connectivity index (χ4n) is 5.37. The predicted molar refractivity (Wildman–Crippen MR) is 150 cm³/mol. The van der Waals surface area contributed by atoms with Crippen LogP contribution >= 0.6 is 22.7 Å². The predicted octanol–water partition coefficient (Wildman–Crippen LogP) is 8.07. The van der Waals surface area contributed by atoms with E-state index in [1.165, 1.54) is 104 Å². The number of unbranched alkanes of at least 4 members (excludes halogenated alkanes) is 10. The molecule has 6 heteroatoms. The van der Waals surface area contributed by atoms with Crippen molar-refractivity contribution >= 4 is 53.2 Å². The number of hydrogen-bond acceptors (Lipinski definition) is 4. The Bertz CT molecular complexity index is 998. The molecule has 3 rings (SSSR count). The number of hydrogen-bond donors (Lipinski definition) is 1. The number of carboxylic acid groups (broad SMARTS) is 1. The van der Waals surface area contributed by atoms with Crippen molar-refractivity contribution in [2.45, 2.75) is 103 Å². The fourth-order valence-corrected chi connectivity index (χ4v) is 14.5. The Morgan fingerprint density at radius 1 is 0.941 bits per heavy atom. The molecule has 2 aromatic rings. The second-order valence-electron chi connectivity index (χ2n) is 9.65. The van der Waals surface area contributed by atoms with Crippen LogP contribution in [0.25, 0.3) is 15.8 Å². The lowest BCUT2D eigenvalue weighted by Crippen LogP contribution is -2.54. The van der Waals surface area contributed by atoms with Gasteiger partial charge in [0.05, 0.1) is 0 Å². The molecule has 0 saturated carbocycles. The molecule has 0 unspecified atom stereocenters. The Balaban J connectivity index is 1.86. The van der Waals surface area contributed by atoms with Gasteiger partial charge in [-0.2, -0.15) is 5.26 Å². The molecule has 0 amide bonds. The van der Waals surface area contributed by atoms with Gasteiger partial charge in [0.15, 0.2) is 0 Å². The highest BCUT2D eigenvalue weighted by Crippen LogP contribution is 2.42. The van der Waals surface area contributed by atoms with Crippen molar-refractivity contribution in [1.82, 2.24) is 0 Å². The van der Waals surface area contributed by atoms with Crippen LogP contribution in [0, 0.1) is 11.3 Å². The lowest BCUT2D eigenvalue weighted by Gasteiger charge is -2.29. The molecule has 34 heavy (non-hydrogen) atoms. The van der Waals surface area contributed by atoms with E-state index in [1.807, 2.05) is 17.4 Å². The monoisotopic (exact) mass is 513 g/mol. The van der Waals surface area contributed by atoms with Gasteiger partial charge in [-0.25, -0.2) is 4.79 Å². The van der Waals surface area contributed by atoms with E-state index < -0.39 is 14.0 Å². The molecule has 3 nitrogen and oxygen atoms in total. The first-order valence-corrected chi connectivity index (χ1v) is 17.3. The van der Waals surface area contributed by atoms with Crippen LogP contribution in [0.15, 0.2) is 23.1 Å². The summed E-state index contributed by atoms with van der Waals surface area (Å²) in [7, 11) is -1.86. The maximum atomic E-state index is 11.4. The number of thiophene rings is 2. The number of nitrogens with zero attached hydrogens (tertiary/aromatic N) is 1. The molecule has 1 aliphatic rings. The molecule has 0 spiro atoms. The topological polar surface area (TPSA) is 61.1 Å². The summed E-state index contributed by atoms with van der Waals surface area (Å²) in [6, 6.07) is 9.11. The van der Waals surface area contributed by atoms with Crippen molar-refractivity contribution in [2.24, 2.45) is 0 Å². The SMILES string of the molecule is CCCCCCCC[Si]1(CCCCCCCC)c2ccsc2-c2sc(/C=C(/C#N)C(=O)O)cc21. The van der Waals surface area contributed by atoms with Crippen LogP contribution in [0.4, 0.5) is 0 Å². The lowest BCUT2D eigenvalue weighted by atomic mass is 10.1. The zero-order valence-corrected chi connectivity index (χ0v) is 23.5. The van der Waals surface area contributed by atoms with Gasteiger partial charge in [-0.15, -0.1) is 22.7 Å². The number of fused-ring (bicyclic) bond motifs is 3. The molecule has 184 valence electrons. The number of nitriles is 1. The third-order valence-corrected chi connectivity index (χ3v) is 15.0. The first-order chi connectivity index (χ1) is 16.6. The van der Waals surface area contributed by atoms with Gasteiger partial charge in [0, 0.05) is 14.6 Å². The Kier molecular flexibility index (Phi) is 10.6. The molecule has 0 saturated heterocycles. The van der Waals surface area contributed by atoms with Crippen LogP contribution in [-0.2, 0) is 4.79 Å². The molecule has 3 heterocycles. The number of carboxylic acids is 1. The normalized spacial score (nSPS) is 14.1. The third-order valence-electron chi connectivity index (χ3n) is 7.21. The van der Waals surface area contributed by atoms with Crippen molar-refractivity contribution in [1.29, 1.82) is 5.26 Å². The van der Waals surface area contributed by atoms with E-state index in [0.717, 1.165) is 4.88 Å². The molecule has 0 radical (unpaired) electrons. The molecule has 0 aliphatic carbocycles. The van der Waals surface area contributed by atoms with Crippen molar-refractivity contribution in [3.63, 3.8) is 0 Å². The van der Waals surface area contributed by atoms with E-state index in [2.05, 4.69) is 31.4 Å². The average molecular weight is 514 g/mol. The molecule has 0 atom stereocenters. The van der Waals surface area contributed by atoms with Gasteiger partial charge in [0.25, 0.3) is 0 Å². The second-order valence-corrected chi connectivity index (χ2v) is 15.9. The molecule has 2 aromatic heterocycles. The Hall–Kier alpha value is -1.68. The summed E-state index contributed by atoms with van der Waals surface area (Å²) in [4.78, 5) is 15.1. The summed E-state index contributed by atoms with van der Waals surface area (Å²) in [5.41, 5.74) is -0.176. The standard InChI is InChI=1S/C28H39NO2S2Si/c1-3-5-7-9-11-13-17-34(18-14-12-10-8-6-4-2)24-15-16-32-26(24)27-25(34)20-23(33-27)19-22(21-29)28(30)31/h15-16,19-20H,3-14,17-18H2,1-2H3,(H,30,31)/b22-19-. The minimum absolute atomic E-state index is 0.176. The molecular formula is C28H39NO2S2Si. The van der Waals surface area contributed by atoms with Gasteiger partial charge < -0.3 is 5.11 Å². The first kappa shape index (κ1) is 26.9. The largest absolute Gasteiger partial charge is 0.477 e. The number of carbonyl (C=O) groups is 1. The summed E-state index contributed by atoms with van der Waals surface area (Å²) in [5.74, 6) is -1.14. The maximum Gasteiger partial charge on any atom is 0.346 e. The number of rotatable bonds is 16. The molecule has 1 N–H and O–H groups in total. The summed E-state index contributed by atoms with van der Waals surface area (Å²) in [6.45, 7) is 4.54. The van der Waals surface area contributed by atoms with Gasteiger partial charge in [-0.1, -0.05) is 97.0 Å². The lowest BCUT2D eigenvalue weighted by molar-refractivity contribution is -0.132. The summed E-state index contributed by atoms with van der Waals surface area (Å²) in [6.07, 6.45) is 17.4. The van der Waals surface area contributed by atoms with E-state index in [-0.39, 0.29) is 5.57 Å². The molecule has 0 fully saturated rings. The van der Waals surface area contributed by atoms with Gasteiger partial charge in [-0.3, -0.25) is 0 Å². The van der Waals surface area contributed by atoms with Gasteiger partial charge in [0.2, 0.25) is 0 Å². The van der Waals surface area contributed by atoms with Gasteiger partial charge in [0.1, 0.15) is 19.7 Å². The highest BCUT2D eigenvalue weighted by molar-refractivity contribution is 7.28. The van der Waals surface area contributed by atoms with Gasteiger partial charge in [-0.05, 0) is 40.0 Å². The van der Waals surface area contributed by atoms with E-state index in [1.54, 1.807) is 22.6 Å². The number of aliphatic carboxylic acids is 1. The first-order valence-electron chi connectivity index (χ1n) is 13.1. The van der Waals surface area contributed by atoms with E-state index >= 15 is 0 Å². The zero-order chi connectivity index (χ0) is 24.4. The highest BCUT2D eigenvalue weighted by Gasteiger charge is 2.46. The third kappa shape index (κ3) is 6.30. The summed E-state index contributed by atoms with van der Waals surface area (Å²) >= 11 is 3.53. The smallest absolute Gasteiger partial charge is 0.346 e. The minimum atomic E-state index is -1.86. The quantitative estimate of drug-likeness (QED) is 0.107.